The lowest BCUT2D eigenvalue weighted by Gasteiger charge is -2.09. The van der Waals surface area contributed by atoms with Crippen LogP contribution in [0.3, 0.4) is 0 Å². The van der Waals surface area contributed by atoms with Crippen LogP contribution >= 0.6 is 0 Å². The highest BCUT2D eigenvalue weighted by atomic mass is 16.5. The maximum absolute atomic E-state index is 11.7. The van der Waals surface area contributed by atoms with Crippen LogP contribution in [0.5, 0.6) is 5.75 Å². The van der Waals surface area contributed by atoms with E-state index in [2.05, 4.69) is 15.3 Å². The van der Waals surface area contributed by atoms with Crippen molar-refractivity contribution < 1.29 is 9.53 Å². The first-order valence-corrected chi connectivity index (χ1v) is 5.92. The van der Waals surface area contributed by atoms with E-state index < -0.39 is 0 Å². The number of hydrogen-bond acceptors (Lipinski definition) is 4. The average Bonchev–Trinajstić information content (AvgIpc) is 2.41. The summed E-state index contributed by atoms with van der Waals surface area (Å²) >= 11 is 0. The summed E-state index contributed by atoms with van der Waals surface area (Å²) in [6.07, 6.45) is 3.21. The quantitative estimate of drug-likeness (QED) is 0.911. The predicted molar refractivity (Wildman–Crippen MR) is 72.1 cm³/mol. The Kier molecular flexibility index (Phi) is 4.07. The molecule has 0 saturated carbocycles. The molecule has 0 unspecified atom stereocenters. The first-order chi connectivity index (χ1) is 9.15. The van der Waals surface area contributed by atoms with Crippen molar-refractivity contribution in [2.24, 2.45) is 0 Å². The van der Waals surface area contributed by atoms with Crippen molar-refractivity contribution in [1.29, 1.82) is 0 Å². The zero-order chi connectivity index (χ0) is 13.7. The summed E-state index contributed by atoms with van der Waals surface area (Å²) in [6, 6.07) is 7.18. The molecule has 0 radical (unpaired) electrons. The van der Waals surface area contributed by atoms with Crippen molar-refractivity contribution in [1.82, 2.24) is 9.97 Å². The number of pyridine rings is 2. The number of hydrogen-bond donors (Lipinski definition) is 1. The van der Waals surface area contributed by atoms with E-state index in [0.29, 0.717) is 11.4 Å². The lowest BCUT2D eigenvalue weighted by atomic mass is 10.3. The lowest BCUT2D eigenvalue weighted by Crippen LogP contribution is -2.21. The number of amides is 1. The van der Waals surface area contributed by atoms with Gasteiger partial charge >= 0.3 is 0 Å². The Balaban J connectivity index is 1.91. The smallest absolute Gasteiger partial charge is 0.262 e. The molecule has 0 atom stereocenters. The van der Waals surface area contributed by atoms with Gasteiger partial charge in [-0.15, -0.1) is 0 Å². The molecule has 5 nitrogen and oxygen atoms in total. The molecule has 0 saturated heterocycles. The van der Waals surface area contributed by atoms with Gasteiger partial charge in [0.15, 0.2) is 6.61 Å². The van der Waals surface area contributed by atoms with E-state index in [4.69, 9.17) is 4.74 Å². The Bertz CT molecular complexity index is 570. The number of rotatable bonds is 4. The number of anilines is 1. The van der Waals surface area contributed by atoms with Crippen molar-refractivity contribution in [3.8, 4) is 5.75 Å². The molecular weight excluding hydrogens is 242 g/mol. The van der Waals surface area contributed by atoms with Crippen molar-refractivity contribution in [3.63, 3.8) is 0 Å². The van der Waals surface area contributed by atoms with Gasteiger partial charge in [-0.05, 0) is 38.1 Å². The Hall–Kier alpha value is -2.43. The molecule has 98 valence electrons. The number of carbonyl (C=O) groups excluding carboxylic acids is 1. The molecular formula is C14H15N3O2. The van der Waals surface area contributed by atoms with Crippen LogP contribution in [0.25, 0.3) is 0 Å². The topological polar surface area (TPSA) is 64.1 Å². The number of aromatic nitrogens is 2. The number of ether oxygens (including phenoxy) is 1. The summed E-state index contributed by atoms with van der Waals surface area (Å²) in [6.45, 7) is 3.70. The second-order valence-corrected chi connectivity index (χ2v) is 4.11. The molecule has 0 bridgehead atoms. The van der Waals surface area contributed by atoms with Crippen LogP contribution in [0, 0.1) is 13.8 Å². The second kappa shape index (κ2) is 5.95. The lowest BCUT2D eigenvalue weighted by molar-refractivity contribution is -0.118. The normalized spacial score (nSPS) is 10.0. The predicted octanol–water partition coefficient (Wildman–Crippen LogP) is 2.11. The molecule has 0 aliphatic carbocycles. The van der Waals surface area contributed by atoms with Crippen LogP contribution in [0.2, 0.25) is 0 Å². The molecule has 0 aliphatic heterocycles. The van der Waals surface area contributed by atoms with Gasteiger partial charge in [0.05, 0.1) is 17.6 Å². The van der Waals surface area contributed by atoms with Crippen LogP contribution in [0.1, 0.15) is 11.4 Å². The Morgan fingerprint density at radius 2 is 2.16 bits per heavy atom. The number of carbonyl (C=O) groups is 1. The third kappa shape index (κ3) is 3.77. The Morgan fingerprint density at radius 1 is 1.32 bits per heavy atom. The van der Waals surface area contributed by atoms with Gasteiger partial charge in [-0.25, -0.2) is 0 Å². The molecule has 5 heteroatoms. The van der Waals surface area contributed by atoms with E-state index in [1.807, 2.05) is 26.0 Å². The summed E-state index contributed by atoms with van der Waals surface area (Å²) < 4.78 is 5.31. The molecule has 0 spiro atoms. The zero-order valence-corrected chi connectivity index (χ0v) is 10.9. The van der Waals surface area contributed by atoms with E-state index in [1.54, 1.807) is 24.5 Å². The Labute approximate surface area is 111 Å². The van der Waals surface area contributed by atoms with Crippen molar-refractivity contribution in [2.45, 2.75) is 13.8 Å². The molecule has 0 aliphatic rings. The fourth-order valence-electron chi connectivity index (χ4n) is 1.59. The third-order valence-corrected chi connectivity index (χ3v) is 2.50. The SMILES string of the molecule is Cc1ccc(NC(=O)COc2cccnc2)c(C)n1. The molecule has 1 N–H and O–H groups in total. The second-order valence-electron chi connectivity index (χ2n) is 4.11. The highest BCUT2D eigenvalue weighted by Crippen LogP contribution is 2.12. The van der Waals surface area contributed by atoms with Gasteiger partial charge in [0.1, 0.15) is 5.75 Å². The van der Waals surface area contributed by atoms with Crippen LogP contribution in [0.4, 0.5) is 5.69 Å². The van der Waals surface area contributed by atoms with E-state index in [1.165, 1.54) is 0 Å². The number of nitrogens with zero attached hydrogens (tertiary/aromatic N) is 2. The van der Waals surface area contributed by atoms with Crippen LogP contribution in [0.15, 0.2) is 36.7 Å². The minimum atomic E-state index is -0.224. The van der Waals surface area contributed by atoms with Gasteiger partial charge in [0.25, 0.3) is 5.91 Å². The third-order valence-electron chi connectivity index (χ3n) is 2.50. The monoisotopic (exact) mass is 257 g/mol. The maximum atomic E-state index is 11.7. The summed E-state index contributed by atoms with van der Waals surface area (Å²) in [5.41, 5.74) is 2.40. The van der Waals surface area contributed by atoms with Crippen molar-refractivity contribution >= 4 is 11.6 Å². The van der Waals surface area contributed by atoms with Crippen LogP contribution in [-0.2, 0) is 4.79 Å². The summed E-state index contributed by atoms with van der Waals surface area (Å²) in [5, 5.41) is 2.76. The van der Waals surface area contributed by atoms with E-state index in [-0.39, 0.29) is 12.5 Å². The van der Waals surface area contributed by atoms with E-state index in [9.17, 15) is 4.79 Å². The van der Waals surface area contributed by atoms with Gasteiger partial charge < -0.3 is 10.1 Å². The minimum Gasteiger partial charge on any atom is -0.482 e. The zero-order valence-electron chi connectivity index (χ0n) is 10.9. The highest BCUT2D eigenvalue weighted by Gasteiger charge is 2.06. The van der Waals surface area contributed by atoms with E-state index in [0.717, 1.165) is 11.4 Å². The van der Waals surface area contributed by atoms with Crippen molar-refractivity contribution in [2.75, 3.05) is 11.9 Å². The van der Waals surface area contributed by atoms with Crippen LogP contribution < -0.4 is 10.1 Å². The van der Waals surface area contributed by atoms with Crippen LogP contribution in [-0.4, -0.2) is 22.5 Å². The van der Waals surface area contributed by atoms with E-state index >= 15 is 0 Å². The molecule has 1 amide bonds. The minimum absolute atomic E-state index is 0.0565. The van der Waals surface area contributed by atoms with Gasteiger partial charge in [-0.2, -0.15) is 0 Å². The molecule has 2 heterocycles. The number of aryl methyl sites for hydroxylation is 2. The first kappa shape index (κ1) is 13.0. The summed E-state index contributed by atoms with van der Waals surface area (Å²) in [7, 11) is 0. The first-order valence-electron chi connectivity index (χ1n) is 5.92. The number of nitrogens with one attached hydrogen (secondary N) is 1. The maximum Gasteiger partial charge on any atom is 0.262 e. The molecule has 19 heavy (non-hydrogen) atoms. The Morgan fingerprint density at radius 3 is 2.84 bits per heavy atom. The molecule has 2 rings (SSSR count). The molecule has 2 aromatic heterocycles. The van der Waals surface area contributed by atoms with Crippen molar-refractivity contribution in [3.05, 3.63) is 48.0 Å². The summed E-state index contributed by atoms with van der Waals surface area (Å²) in [5.74, 6) is 0.342. The fourth-order valence-corrected chi connectivity index (χ4v) is 1.59. The standard InChI is InChI=1S/C14H15N3O2/c1-10-5-6-13(11(2)16-10)17-14(18)9-19-12-4-3-7-15-8-12/h3-8H,9H2,1-2H3,(H,17,18). The average molecular weight is 257 g/mol. The molecule has 2 aromatic rings. The fraction of sp³-hybridized carbons (Fsp3) is 0.214. The van der Waals surface area contributed by atoms with Gasteiger partial charge in [-0.1, -0.05) is 0 Å². The highest BCUT2D eigenvalue weighted by molar-refractivity contribution is 5.92. The van der Waals surface area contributed by atoms with Gasteiger partial charge in [0.2, 0.25) is 0 Å². The largest absolute Gasteiger partial charge is 0.482 e. The van der Waals surface area contributed by atoms with Gasteiger partial charge in [-0.3, -0.25) is 14.8 Å². The van der Waals surface area contributed by atoms with Gasteiger partial charge in [0, 0.05) is 11.9 Å². The summed E-state index contributed by atoms with van der Waals surface area (Å²) in [4.78, 5) is 19.9. The molecule has 0 aromatic carbocycles. The molecule has 0 fully saturated rings.